The van der Waals surface area contributed by atoms with Crippen molar-refractivity contribution in [1.29, 1.82) is 0 Å². The largest absolute Gasteiger partial charge is 0.451 e. The molecule has 114 valence electrons. The number of para-hydroxylation sites is 1. The van der Waals surface area contributed by atoms with Gasteiger partial charge >= 0.3 is 0 Å². The fraction of sp³-hybridized carbons (Fsp3) is 0.312. The summed E-state index contributed by atoms with van der Waals surface area (Å²) in [5, 5.41) is 0.450. The van der Waals surface area contributed by atoms with E-state index in [1.165, 1.54) is 6.07 Å². The van der Waals surface area contributed by atoms with Crippen LogP contribution in [0.4, 0.5) is 0 Å². The molecule has 1 saturated heterocycles. The SMILES string of the molecule is NC(=O)C1CCN(C(=O)c2cc(=O)c3ccccc3o2)CC1. The Morgan fingerprint density at radius 3 is 2.55 bits per heavy atom. The van der Waals surface area contributed by atoms with Crippen molar-refractivity contribution in [2.24, 2.45) is 11.7 Å². The Morgan fingerprint density at radius 2 is 1.86 bits per heavy atom. The van der Waals surface area contributed by atoms with E-state index in [1.807, 2.05) is 0 Å². The van der Waals surface area contributed by atoms with E-state index < -0.39 is 0 Å². The van der Waals surface area contributed by atoms with E-state index in [-0.39, 0.29) is 28.9 Å². The number of nitrogens with two attached hydrogens (primary N) is 1. The van der Waals surface area contributed by atoms with Crippen molar-refractivity contribution in [3.8, 4) is 0 Å². The van der Waals surface area contributed by atoms with Gasteiger partial charge in [-0.1, -0.05) is 12.1 Å². The monoisotopic (exact) mass is 300 g/mol. The molecule has 6 nitrogen and oxygen atoms in total. The molecule has 0 bridgehead atoms. The fourth-order valence-corrected chi connectivity index (χ4v) is 2.73. The highest BCUT2D eigenvalue weighted by molar-refractivity contribution is 5.93. The first-order chi connectivity index (χ1) is 10.6. The maximum absolute atomic E-state index is 12.4. The third-order valence-electron chi connectivity index (χ3n) is 4.03. The van der Waals surface area contributed by atoms with Crippen LogP contribution in [0.2, 0.25) is 0 Å². The van der Waals surface area contributed by atoms with Crippen LogP contribution in [0.3, 0.4) is 0 Å². The molecular formula is C16H16N2O4. The Balaban J connectivity index is 1.84. The van der Waals surface area contributed by atoms with Gasteiger partial charge in [0, 0.05) is 25.1 Å². The molecule has 0 spiro atoms. The lowest BCUT2D eigenvalue weighted by Crippen LogP contribution is -2.41. The van der Waals surface area contributed by atoms with E-state index in [0.29, 0.717) is 36.9 Å². The van der Waals surface area contributed by atoms with Gasteiger partial charge in [-0.2, -0.15) is 0 Å². The molecule has 0 radical (unpaired) electrons. The maximum atomic E-state index is 12.4. The first-order valence-electron chi connectivity index (χ1n) is 7.18. The molecule has 3 rings (SSSR count). The van der Waals surface area contributed by atoms with E-state index in [0.717, 1.165) is 0 Å². The van der Waals surface area contributed by atoms with Crippen LogP contribution >= 0.6 is 0 Å². The Bertz CT molecular complexity index is 788. The first-order valence-corrected chi connectivity index (χ1v) is 7.18. The quantitative estimate of drug-likeness (QED) is 0.899. The van der Waals surface area contributed by atoms with E-state index in [9.17, 15) is 14.4 Å². The number of piperidine rings is 1. The highest BCUT2D eigenvalue weighted by Crippen LogP contribution is 2.19. The molecule has 0 atom stereocenters. The van der Waals surface area contributed by atoms with Gasteiger partial charge in [0.15, 0.2) is 11.2 Å². The molecule has 2 heterocycles. The molecule has 0 saturated carbocycles. The number of carbonyl (C=O) groups excluding carboxylic acids is 2. The number of rotatable bonds is 2. The minimum atomic E-state index is -0.329. The average Bonchev–Trinajstić information content (AvgIpc) is 2.54. The Labute approximate surface area is 126 Å². The second kappa shape index (κ2) is 5.63. The van der Waals surface area contributed by atoms with Gasteiger partial charge in [-0.3, -0.25) is 14.4 Å². The third kappa shape index (κ3) is 2.59. The molecule has 1 aromatic heterocycles. The number of hydrogen-bond acceptors (Lipinski definition) is 4. The number of carbonyl (C=O) groups is 2. The van der Waals surface area contributed by atoms with Crippen LogP contribution in [0.5, 0.6) is 0 Å². The second-order valence-electron chi connectivity index (χ2n) is 5.44. The number of amides is 2. The maximum Gasteiger partial charge on any atom is 0.289 e. The van der Waals surface area contributed by atoms with Crippen LogP contribution in [-0.2, 0) is 4.79 Å². The molecule has 0 aliphatic carbocycles. The zero-order valence-corrected chi connectivity index (χ0v) is 12.0. The van der Waals surface area contributed by atoms with Gasteiger partial charge in [0.25, 0.3) is 5.91 Å². The molecule has 1 aliphatic rings. The van der Waals surface area contributed by atoms with E-state index in [4.69, 9.17) is 10.2 Å². The number of nitrogens with zero attached hydrogens (tertiary/aromatic N) is 1. The summed E-state index contributed by atoms with van der Waals surface area (Å²) in [4.78, 5) is 37.2. The summed E-state index contributed by atoms with van der Waals surface area (Å²) < 4.78 is 5.55. The van der Waals surface area contributed by atoms with Gasteiger partial charge in [0.05, 0.1) is 5.39 Å². The van der Waals surface area contributed by atoms with E-state index in [2.05, 4.69) is 0 Å². The lowest BCUT2D eigenvalue weighted by atomic mass is 9.96. The van der Waals surface area contributed by atoms with Crippen molar-refractivity contribution >= 4 is 22.8 Å². The average molecular weight is 300 g/mol. The lowest BCUT2D eigenvalue weighted by molar-refractivity contribution is -0.123. The van der Waals surface area contributed by atoms with Gasteiger partial charge in [0.1, 0.15) is 5.58 Å². The predicted molar refractivity (Wildman–Crippen MR) is 80.3 cm³/mol. The second-order valence-corrected chi connectivity index (χ2v) is 5.44. The van der Waals surface area contributed by atoms with Gasteiger partial charge in [-0.05, 0) is 25.0 Å². The molecule has 1 aromatic carbocycles. The number of likely N-dealkylation sites (tertiary alicyclic amines) is 1. The van der Waals surface area contributed by atoms with Crippen molar-refractivity contribution in [3.05, 3.63) is 46.3 Å². The lowest BCUT2D eigenvalue weighted by Gasteiger charge is -2.30. The van der Waals surface area contributed by atoms with Crippen molar-refractivity contribution < 1.29 is 14.0 Å². The molecule has 1 aliphatic heterocycles. The van der Waals surface area contributed by atoms with Gasteiger partial charge in [0.2, 0.25) is 5.91 Å². The van der Waals surface area contributed by atoms with Gasteiger partial charge < -0.3 is 15.1 Å². The van der Waals surface area contributed by atoms with Gasteiger partial charge in [-0.25, -0.2) is 0 Å². The fourth-order valence-electron chi connectivity index (χ4n) is 2.73. The predicted octanol–water partition coefficient (Wildman–Crippen LogP) is 1.13. The van der Waals surface area contributed by atoms with Crippen LogP contribution in [0.15, 0.2) is 39.5 Å². The highest BCUT2D eigenvalue weighted by Gasteiger charge is 2.27. The standard InChI is InChI=1S/C16H16N2O4/c17-15(20)10-5-7-18(8-6-10)16(21)14-9-12(19)11-3-1-2-4-13(11)22-14/h1-4,9-10H,5-8H2,(H2,17,20). The molecule has 22 heavy (non-hydrogen) atoms. The molecule has 2 amide bonds. The molecule has 2 N–H and O–H groups in total. The van der Waals surface area contributed by atoms with Crippen molar-refractivity contribution in [1.82, 2.24) is 4.90 Å². The Morgan fingerprint density at radius 1 is 1.18 bits per heavy atom. The first kappa shape index (κ1) is 14.3. The van der Waals surface area contributed by atoms with Crippen molar-refractivity contribution in [2.45, 2.75) is 12.8 Å². The Kier molecular flexibility index (Phi) is 3.66. The summed E-state index contributed by atoms with van der Waals surface area (Å²) in [7, 11) is 0. The van der Waals surface area contributed by atoms with Crippen molar-refractivity contribution in [2.75, 3.05) is 13.1 Å². The van der Waals surface area contributed by atoms with Crippen LogP contribution in [0.1, 0.15) is 23.4 Å². The number of primary amides is 1. The zero-order chi connectivity index (χ0) is 15.7. The van der Waals surface area contributed by atoms with Gasteiger partial charge in [-0.15, -0.1) is 0 Å². The Hall–Kier alpha value is -2.63. The molecule has 2 aromatic rings. The van der Waals surface area contributed by atoms with Crippen LogP contribution in [0.25, 0.3) is 11.0 Å². The van der Waals surface area contributed by atoms with Crippen LogP contribution in [0, 0.1) is 5.92 Å². The number of benzene rings is 1. The number of hydrogen-bond donors (Lipinski definition) is 1. The van der Waals surface area contributed by atoms with E-state index in [1.54, 1.807) is 29.2 Å². The molecule has 6 heteroatoms. The summed E-state index contributed by atoms with van der Waals surface area (Å²) >= 11 is 0. The summed E-state index contributed by atoms with van der Waals surface area (Å²) in [5.41, 5.74) is 5.43. The topological polar surface area (TPSA) is 93.6 Å². The van der Waals surface area contributed by atoms with Crippen molar-refractivity contribution in [3.63, 3.8) is 0 Å². The minimum Gasteiger partial charge on any atom is -0.451 e. The number of fused-ring (bicyclic) bond motifs is 1. The van der Waals surface area contributed by atoms with E-state index >= 15 is 0 Å². The normalized spacial score (nSPS) is 15.9. The third-order valence-corrected chi connectivity index (χ3v) is 4.03. The smallest absolute Gasteiger partial charge is 0.289 e. The van der Waals surface area contributed by atoms with Crippen LogP contribution in [-0.4, -0.2) is 29.8 Å². The summed E-state index contributed by atoms with van der Waals surface area (Å²) in [6, 6.07) is 8.04. The summed E-state index contributed by atoms with van der Waals surface area (Å²) in [6.07, 6.45) is 1.08. The zero-order valence-electron chi connectivity index (χ0n) is 12.0. The van der Waals surface area contributed by atoms with Crippen LogP contribution < -0.4 is 11.2 Å². The summed E-state index contributed by atoms with van der Waals surface area (Å²) in [6.45, 7) is 0.867. The molecular weight excluding hydrogens is 284 g/mol. The summed E-state index contributed by atoms with van der Waals surface area (Å²) in [5.74, 6) is -0.816. The highest BCUT2D eigenvalue weighted by atomic mass is 16.3. The molecule has 0 unspecified atom stereocenters. The minimum absolute atomic E-state index is 0.0289. The molecule has 1 fully saturated rings.